The summed E-state index contributed by atoms with van der Waals surface area (Å²) in [6, 6.07) is 0. The van der Waals surface area contributed by atoms with Gasteiger partial charge in [0.2, 0.25) is 11.3 Å². The van der Waals surface area contributed by atoms with Crippen molar-refractivity contribution in [2.24, 2.45) is 0 Å². The van der Waals surface area contributed by atoms with Crippen molar-refractivity contribution in [2.45, 2.75) is 18.7 Å². The molecule has 0 aromatic rings. The van der Waals surface area contributed by atoms with Crippen LogP contribution in [0.3, 0.4) is 0 Å². The number of amides is 1. The smallest absolute Gasteiger partial charge is 0.237 e. The molecule has 11 heavy (non-hydrogen) atoms. The van der Waals surface area contributed by atoms with Crippen LogP contribution < -0.4 is 0 Å². The maximum Gasteiger partial charge on any atom is 0.237 e. The van der Waals surface area contributed by atoms with Gasteiger partial charge < -0.3 is 4.55 Å². The Morgan fingerprint density at radius 3 is 3.18 bits per heavy atom. The highest BCUT2D eigenvalue weighted by Gasteiger charge is 2.45. The predicted molar refractivity (Wildman–Crippen MR) is 42.0 cm³/mol. The summed E-state index contributed by atoms with van der Waals surface area (Å²) < 4.78 is 11.3. The summed E-state index contributed by atoms with van der Waals surface area (Å²) in [4.78, 5) is 12.5. The fraction of sp³-hybridized carbons (Fsp3) is 0.571. The average Bonchev–Trinajstić information content (AvgIpc) is 1.93. The van der Waals surface area contributed by atoms with Gasteiger partial charge in [0.15, 0.2) is 0 Å². The van der Waals surface area contributed by atoms with Gasteiger partial charge >= 0.3 is 0 Å². The Morgan fingerprint density at radius 2 is 2.55 bits per heavy atom. The van der Waals surface area contributed by atoms with Crippen molar-refractivity contribution in [3.63, 3.8) is 0 Å². The van der Waals surface area contributed by atoms with E-state index in [2.05, 4.69) is 0 Å². The number of fused-ring (bicyclic) bond motifs is 1. The van der Waals surface area contributed by atoms with Gasteiger partial charge in [0.1, 0.15) is 5.75 Å². The third-order valence-corrected chi connectivity index (χ3v) is 3.72. The molecule has 0 saturated carbocycles. The van der Waals surface area contributed by atoms with Gasteiger partial charge in [0, 0.05) is 6.20 Å². The molecule has 1 amide bonds. The molecule has 2 aliphatic heterocycles. The Hall–Kier alpha value is -0.480. The molecular weight excluding hydrogens is 162 g/mol. The number of rotatable bonds is 0. The van der Waals surface area contributed by atoms with E-state index in [0.29, 0.717) is 12.2 Å². The standard InChI is InChI=1S/C7H9NO2S/c1-5-3-8-6(9)2-7(8)11(10)4-5/h3,7H,2,4H2,1H3/t7-,11?/m0/s1. The van der Waals surface area contributed by atoms with Gasteiger partial charge in [-0.3, -0.25) is 9.69 Å². The van der Waals surface area contributed by atoms with E-state index >= 15 is 0 Å². The maximum atomic E-state index is 11.3. The van der Waals surface area contributed by atoms with Crippen molar-refractivity contribution in [1.82, 2.24) is 4.90 Å². The number of hydrogen-bond donors (Lipinski definition) is 0. The Morgan fingerprint density at radius 1 is 1.82 bits per heavy atom. The topological polar surface area (TPSA) is 43.4 Å². The zero-order valence-electron chi connectivity index (χ0n) is 6.24. The molecule has 1 fully saturated rings. The minimum Gasteiger partial charge on any atom is -0.614 e. The first-order chi connectivity index (χ1) is 5.18. The highest BCUT2D eigenvalue weighted by atomic mass is 32.2. The number of nitrogens with zero attached hydrogens (tertiary/aromatic N) is 1. The Balaban J connectivity index is 2.22. The van der Waals surface area contributed by atoms with Gasteiger partial charge in [-0.05, 0) is 23.7 Å². The molecule has 0 N–H and O–H groups in total. The summed E-state index contributed by atoms with van der Waals surface area (Å²) in [6.45, 7) is 1.90. The Labute approximate surface area is 68.2 Å². The fourth-order valence-corrected chi connectivity index (χ4v) is 2.85. The SMILES string of the molecule is CC1=CN2C(=O)C[C@@H]2[S+]([O-])C1. The molecule has 0 aliphatic carbocycles. The Kier molecular flexibility index (Phi) is 1.47. The molecule has 2 aliphatic rings. The third kappa shape index (κ3) is 0.973. The third-order valence-electron chi connectivity index (χ3n) is 1.98. The summed E-state index contributed by atoms with van der Waals surface area (Å²) in [5.74, 6) is 0.733. The van der Waals surface area contributed by atoms with Crippen LogP contribution >= 0.6 is 0 Å². The number of carbonyl (C=O) groups is 1. The lowest BCUT2D eigenvalue weighted by Crippen LogP contribution is -2.56. The van der Waals surface area contributed by atoms with E-state index in [-0.39, 0.29) is 11.3 Å². The summed E-state index contributed by atoms with van der Waals surface area (Å²) in [5, 5.41) is -0.00815. The zero-order chi connectivity index (χ0) is 8.01. The highest BCUT2D eigenvalue weighted by Crippen LogP contribution is 2.30. The van der Waals surface area contributed by atoms with Crippen LogP contribution in [0.25, 0.3) is 0 Å². The van der Waals surface area contributed by atoms with Crippen LogP contribution in [0, 0.1) is 0 Å². The molecule has 0 aromatic carbocycles. The summed E-state index contributed by atoms with van der Waals surface area (Å²) in [5.41, 5.74) is 1.03. The minimum atomic E-state index is -0.842. The average molecular weight is 171 g/mol. The predicted octanol–water partition coefficient (Wildman–Crippen LogP) is 0.211. The number of β-lactam (4-membered cyclic amide) rings is 1. The van der Waals surface area contributed by atoms with Crippen molar-refractivity contribution >= 4 is 17.1 Å². The zero-order valence-corrected chi connectivity index (χ0v) is 7.06. The quantitative estimate of drug-likeness (QED) is 0.386. The normalized spacial score (nSPS) is 36.0. The molecule has 0 aromatic heterocycles. The molecule has 2 rings (SSSR count). The lowest BCUT2D eigenvalue weighted by molar-refractivity contribution is -0.138. The second-order valence-corrected chi connectivity index (χ2v) is 4.55. The Bertz CT molecular complexity index is 239. The summed E-state index contributed by atoms with van der Waals surface area (Å²) in [7, 11) is 0. The maximum absolute atomic E-state index is 11.3. The van der Waals surface area contributed by atoms with E-state index < -0.39 is 11.2 Å². The number of carbonyl (C=O) groups excluding carboxylic acids is 1. The van der Waals surface area contributed by atoms with E-state index in [0.717, 1.165) is 5.57 Å². The summed E-state index contributed by atoms with van der Waals surface area (Å²) in [6.07, 6.45) is 2.29. The first kappa shape index (κ1) is 7.18. The molecule has 0 radical (unpaired) electrons. The molecule has 0 bridgehead atoms. The monoisotopic (exact) mass is 171 g/mol. The first-order valence-corrected chi connectivity index (χ1v) is 4.92. The van der Waals surface area contributed by atoms with E-state index in [9.17, 15) is 9.35 Å². The highest BCUT2D eigenvalue weighted by molar-refractivity contribution is 7.92. The molecule has 2 heterocycles. The molecule has 4 heteroatoms. The molecule has 60 valence electrons. The van der Waals surface area contributed by atoms with Crippen LogP contribution in [0.4, 0.5) is 0 Å². The molecular formula is C7H9NO2S. The fourth-order valence-electron chi connectivity index (χ4n) is 1.37. The van der Waals surface area contributed by atoms with Gasteiger partial charge in [0.05, 0.1) is 6.42 Å². The van der Waals surface area contributed by atoms with Crippen molar-refractivity contribution in [3.8, 4) is 0 Å². The molecule has 3 nitrogen and oxygen atoms in total. The van der Waals surface area contributed by atoms with Crippen LogP contribution in [0.15, 0.2) is 11.8 Å². The lowest BCUT2D eigenvalue weighted by atomic mass is 10.2. The van der Waals surface area contributed by atoms with Gasteiger partial charge in [-0.1, -0.05) is 0 Å². The van der Waals surface area contributed by atoms with E-state index in [1.807, 2.05) is 13.1 Å². The van der Waals surface area contributed by atoms with Crippen LogP contribution in [-0.2, 0) is 16.0 Å². The van der Waals surface area contributed by atoms with Crippen LogP contribution in [-0.4, -0.2) is 26.5 Å². The van der Waals surface area contributed by atoms with Crippen molar-refractivity contribution in [3.05, 3.63) is 11.8 Å². The van der Waals surface area contributed by atoms with Gasteiger partial charge in [-0.25, -0.2) is 0 Å². The number of hydrogen-bond acceptors (Lipinski definition) is 2. The summed E-state index contributed by atoms with van der Waals surface area (Å²) >= 11 is -0.842. The van der Waals surface area contributed by atoms with E-state index in [4.69, 9.17) is 0 Å². The van der Waals surface area contributed by atoms with Crippen molar-refractivity contribution in [2.75, 3.05) is 5.75 Å². The largest absolute Gasteiger partial charge is 0.614 e. The first-order valence-electron chi connectivity index (χ1n) is 3.54. The second-order valence-electron chi connectivity index (χ2n) is 2.96. The van der Waals surface area contributed by atoms with Crippen LogP contribution in [0.1, 0.15) is 13.3 Å². The molecule has 1 unspecified atom stereocenters. The van der Waals surface area contributed by atoms with E-state index in [1.165, 1.54) is 0 Å². The van der Waals surface area contributed by atoms with Gasteiger partial charge in [0.25, 0.3) is 0 Å². The molecule has 2 atom stereocenters. The molecule has 1 saturated heterocycles. The van der Waals surface area contributed by atoms with E-state index in [1.54, 1.807) is 4.90 Å². The van der Waals surface area contributed by atoms with Crippen LogP contribution in [0.2, 0.25) is 0 Å². The van der Waals surface area contributed by atoms with Crippen molar-refractivity contribution < 1.29 is 9.35 Å². The van der Waals surface area contributed by atoms with Gasteiger partial charge in [-0.2, -0.15) is 0 Å². The van der Waals surface area contributed by atoms with Crippen LogP contribution in [0.5, 0.6) is 0 Å². The van der Waals surface area contributed by atoms with Gasteiger partial charge in [-0.15, -0.1) is 0 Å². The lowest BCUT2D eigenvalue weighted by Gasteiger charge is -2.41. The van der Waals surface area contributed by atoms with Crippen molar-refractivity contribution in [1.29, 1.82) is 0 Å². The second kappa shape index (κ2) is 2.25. The minimum absolute atomic E-state index is 0.00815. The molecule has 0 spiro atoms.